The zero-order valence-electron chi connectivity index (χ0n) is 6.17. The van der Waals surface area contributed by atoms with Gasteiger partial charge in [-0.05, 0) is 12.1 Å². The summed E-state index contributed by atoms with van der Waals surface area (Å²) in [7, 11) is 0. The van der Waals surface area contributed by atoms with Crippen molar-refractivity contribution < 1.29 is 9.18 Å². The number of hydrazine groups is 1. The van der Waals surface area contributed by atoms with E-state index in [9.17, 15) is 9.18 Å². The van der Waals surface area contributed by atoms with Crippen LogP contribution in [0.4, 0.5) is 10.1 Å². The van der Waals surface area contributed by atoms with E-state index in [0.29, 0.717) is 0 Å². The highest BCUT2D eigenvalue weighted by Gasteiger charge is 2.11. The Balaban J connectivity index is 3.16. The second-order valence-corrected chi connectivity index (χ2v) is 2.18. The molecule has 5 heteroatoms. The largest absolute Gasteiger partial charge is 0.396 e. The van der Waals surface area contributed by atoms with Gasteiger partial charge in [0.15, 0.2) is 5.82 Å². The third-order valence-corrected chi connectivity index (χ3v) is 1.40. The van der Waals surface area contributed by atoms with Gasteiger partial charge in [0.05, 0.1) is 11.3 Å². The molecule has 0 fully saturated rings. The molecule has 1 aromatic rings. The molecule has 0 bridgehead atoms. The second kappa shape index (κ2) is 3.19. The first-order valence-corrected chi connectivity index (χ1v) is 3.21. The molecule has 0 aliphatic carbocycles. The minimum Gasteiger partial charge on any atom is -0.396 e. The fraction of sp³-hybridized carbons (Fsp3) is 0. The minimum absolute atomic E-state index is 0.0731. The van der Waals surface area contributed by atoms with E-state index in [-0.39, 0.29) is 11.3 Å². The van der Waals surface area contributed by atoms with Crippen molar-refractivity contribution in [1.82, 2.24) is 5.43 Å². The number of amides is 1. The van der Waals surface area contributed by atoms with Gasteiger partial charge < -0.3 is 5.73 Å². The van der Waals surface area contributed by atoms with Crippen LogP contribution in [0.5, 0.6) is 0 Å². The van der Waals surface area contributed by atoms with Gasteiger partial charge in [0.25, 0.3) is 5.91 Å². The fourth-order valence-electron chi connectivity index (χ4n) is 0.803. The van der Waals surface area contributed by atoms with Gasteiger partial charge in [0, 0.05) is 0 Å². The van der Waals surface area contributed by atoms with Gasteiger partial charge in [-0.15, -0.1) is 0 Å². The minimum atomic E-state index is -0.750. The predicted molar refractivity (Wildman–Crippen MR) is 42.5 cm³/mol. The Morgan fingerprint density at radius 3 is 2.75 bits per heavy atom. The van der Waals surface area contributed by atoms with E-state index in [1.54, 1.807) is 0 Å². The molecule has 5 N–H and O–H groups in total. The highest BCUT2D eigenvalue weighted by atomic mass is 19.1. The molecule has 0 radical (unpaired) electrons. The molecule has 0 aliphatic rings. The number of nitrogens with one attached hydrogen (secondary N) is 1. The number of benzene rings is 1. The van der Waals surface area contributed by atoms with Crippen LogP contribution < -0.4 is 17.0 Å². The molecule has 0 aromatic heterocycles. The lowest BCUT2D eigenvalue weighted by atomic mass is 10.2. The van der Waals surface area contributed by atoms with Crippen molar-refractivity contribution in [1.29, 1.82) is 0 Å². The Hall–Kier alpha value is -1.62. The maximum atomic E-state index is 13.0. The van der Waals surface area contributed by atoms with Gasteiger partial charge in [-0.1, -0.05) is 6.07 Å². The molecule has 1 amide bonds. The SMILES string of the molecule is NNC(=O)c1cccc(N)c1F. The Labute approximate surface area is 68.3 Å². The lowest BCUT2D eigenvalue weighted by Gasteiger charge is -2.02. The summed E-state index contributed by atoms with van der Waals surface area (Å²) in [5.74, 6) is 3.37. The summed E-state index contributed by atoms with van der Waals surface area (Å²) in [5.41, 5.74) is 6.80. The molecule has 1 aromatic carbocycles. The van der Waals surface area contributed by atoms with Crippen LogP contribution in [0.25, 0.3) is 0 Å². The molecular weight excluding hydrogens is 161 g/mol. The van der Waals surface area contributed by atoms with Crippen molar-refractivity contribution >= 4 is 11.6 Å². The van der Waals surface area contributed by atoms with E-state index in [2.05, 4.69) is 0 Å². The third kappa shape index (κ3) is 1.35. The van der Waals surface area contributed by atoms with E-state index in [0.717, 1.165) is 0 Å². The number of anilines is 1. The number of nitrogen functional groups attached to an aromatic ring is 2. The molecule has 0 saturated carbocycles. The van der Waals surface area contributed by atoms with E-state index >= 15 is 0 Å². The Kier molecular flexibility index (Phi) is 2.25. The standard InChI is InChI=1S/C7H8FN3O/c8-6-4(7(12)11-10)2-1-3-5(6)9/h1-3H,9-10H2,(H,11,12). The Morgan fingerprint density at radius 2 is 2.17 bits per heavy atom. The first-order chi connectivity index (χ1) is 5.66. The summed E-state index contributed by atoms with van der Waals surface area (Å²) in [4.78, 5) is 10.9. The van der Waals surface area contributed by atoms with Crippen molar-refractivity contribution in [3.63, 3.8) is 0 Å². The summed E-state index contributed by atoms with van der Waals surface area (Å²) in [6, 6.07) is 4.14. The van der Waals surface area contributed by atoms with Crippen LogP contribution in [-0.4, -0.2) is 5.91 Å². The van der Waals surface area contributed by atoms with Crippen molar-refractivity contribution in [3.8, 4) is 0 Å². The molecule has 0 atom stereocenters. The third-order valence-electron chi connectivity index (χ3n) is 1.40. The van der Waals surface area contributed by atoms with Crippen LogP contribution in [0.1, 0.15) is 10.4 Å². The maximum absolute atomic E-state index is 13.0. The Bertz CT molecular complexity index is 314. The number of hydrogen-bond donors (Lipinski definition) is 3. The predicted octanol–water partition coefficient (Wildman–Crippen LogP) is 0.0114. The summed E-state index contributed by atoms with van der Waals surface area (Å²) in [5, 5.41) is 0. The van der Waals surface area contributed by atoms with Crippen LogP contribution >= 0.6 is 0 Å². The van der Waals surface area contributed by atoms with Crippen molar-refractivity contribution in [2.75, 3.05) is 5.73 Å². The fourth-order valence-corrected chi connectivity index (χ4v) is 0.803. The van der Waals surface area contributed by atoms with Crippen molar-refractivity contribution in [2.24, 2.45) is 5.84 Å². The Morgan fingerprint density at radius 1 is 1.50 bits per heavy atom. The molecule has 0 spiro atoms. The summed E-state index contributed by atoms with van der Waals surface area (Å²) < 4.78 is 13.0. The molecule has 12 heavy (non-hydrogen) atoms. The van der Waals surface area contributed by atoms with E-state index < -0.39 is 11.7 Å². The number of halogens is 1. The molecule has 0 saturated heterocycles. The van der Waals surface area contributed by atoms with Crippen LogP contribution in [0.15, 0.2) is 18.2 Å². The normalized spacial score (nSPS) is 9.50. The van der Waals surface area contributed by atoms with Crippen molar-refractivity contribution in [2.45, 2.75) is 0 Å². The average molecular weight is 169 g/mol. The van der Waals surface area contributed by atoms with E-state index in [1.807, 2.05) is 5.43 Å². The van der Waals surface area contributed by atoms with Crippen LogP contribution in [0.3, 0.4) is 0 Å². The zero-order valence-corrected chi connectivity index (χ0v) is 6.17. The van der Waals surface area contributed by atoms with Gasteiger partial charge >= 0.3 is 0 Å². The van der Waals surface area contributed by atoms with Crippen molar-refractivity contribution in [3.05, 3.63) is 29.6 Å². The summed E-state index contributed by atoms with van der Waals surface area (Å²) in [6.07, 6.45) is 0. The zero-order chi connectivity index (χ0) is 9.14. The topological polar surface area (TPSA) is 81.1 Å². The molecule has 0 heterocycles. The molecule has 0 unspecified atom stereocenters. The summed E-state index contributed by atoms with van der Waals surface area (Å²) in [6.45, 7) is 0. The van der Waals surface area contributed by atoms with Gasteiger partial charge in [-0.25, -0.2) is 10.2 Å². The molecule has 1 rings (SSSR count). The van der Waals surface area contributed by atoms with Gasteiger partial charge in [-0.2, -0.15) is 0 Å². The first-order valence-electron chi connectivity index (χ1n) is 3.21. The van der Waals surface area contributed by atoms with E-state index in [1.165, 1.54) is 18.2 Å². The summed E-state index contributed by atoms with van der Waals surface area (Å²) >= 11 is 0. The lowest BCUT2D eigenvalue weighted by molar-refractivity contribution is 0.0950. The number of rotatable bonds is 1. The monoisotopic (exact) mass is 169 g/mol. The molecular formula is C7H8FN3O. The van der Waals surface area contributed by atoms with Crippen LogP contribution in [-0.2, 0) is 0 Å². The number of carbonyl (C=O) groups excluding carboxylic acids is 1. The average Bonchev–Trinajstić information content (AvgIpc) is 2.08. The highest BCUT2D eigenvalue weighted by molar-refractivity contribution is 5.94. The second-order valence-electron chi connectivity index (χ2n) is 2.18. The molecule has 4 nitrogen and oxygen atoms in total. The van der Waals surface area contributed by atoms with Gasteiger partial charge in [-0.3, -0.25) is 10.2 Å². The van der Waals surface area contributed by atoms with Crippen LogP contribution in [0.2, 0.25) is 0 Å². The number of carbonyl (C=O) groups is 1. The highest BCUT2D eigenvalue weighted by Crippen LogP contribution is 2.13. The molecule has 0 aliphatic heterocycles. The number of hydrogen-bond acceptors (Lipinski definition) is 3. The van der Waals surface area contributed by atoms with Gasteiger partial charge in [0.1, 0.15) is 0 Å². The van der Waals surface area contributed by atoms with Crippen LogP contribution in [0, 0.1) is 5.82 Å². The van der Waals surface area contributed by atoms with E-state index in [4.69, 9.17) is 11.6 Å². The first kappa shape index (κ1) is 8.48. The smallest absolute Gasteiger partial charge is 0.268 e. The maximum Gasteiger partial charge on any atom is 0.268 e. The molecule has 64 valence electrons. The van der Waals surface area contributed by atoms with Gasteiger partial charge in [0.2, 0.25) is 0 Å². The lowest BCUT2D eigenvalue weighted by Crippen LogP contribution is -2.30. The quantitative estimate of drug-likeness (QED) is 0.240. The number of nitrogens with two attached hydrogens (primary N) is 2.